The predicted octanol–water partition coefficient (Wildman–Crippen LogP) is -0.292. The van der Waals surface area contributed by atoms with E-state index < -0.39 is 0 Å². The smallest absolute Gasteiger partial charge is 0.146 e. The van der Waals surface area contributed by atoms with E-state index in [4.69, 9.17) is 4.43 Å². The van der Waals surface area contributed by atoms with Gasteiger partial charge in [-0.15, -0.1) is 0 Å². The molecule has 0 aromatic carbocycles. The minimum Gasteiger partial charge on any atom is -0.426 e. The summed E-state index contributed by atoms with van der Waals surface area (Å²) in [6.07, 6.45) is 0.446. The first-order valence-electron chi connectivity index (χ1n) is 2.88. The van der Waals surface area contributed by atoms with Gasteiger partial charge in [-0.1, -0.05) is 0 Å². The molecule has 0 atom stereocenters. The fourth-order valence-electron chi connectivity index (χ4n) is 0. The quantitative estimate of drug-likeness (QED) is 0.363. The third-order valence-electron chi connectivity index (χ3n) is 0.676. The van der Waals surface area contributed by atoms with E-state index in [0.29, 0.717) is 6.10 Å². The van der Waals surface area contributed by atoms with Crippen molar-refractivity contribution in [3.05, 3.63) is 0 Å². The van der Waals surface area contributed by atoms with Gasteiger partial charge in [-0.3, -0.25) is 0 Å². The molecule has 0 unspecified atom stereocenters. The number of hydrogen-bond donors (Lipinski definition) is 0. The lowest BCUT2D eigenvalue weighted by Crippen LogP contribution is -1.95. The fraction of sp³-hybridized carbons (Fsp3) is 1.00. The molecule has 0 amide bonds. The van der Waals surface area contributed by atoms with Crippen LogP contribution in [0.25, 0.3) is 0 Å². The van der Waals surface area contributed by atoms with E-state index in [0.717, 1.165) is 23.7 Å². The van der Waals surface area contributed by atoms with Crippen molar-refractivity contribution in [2.75, 3.05) is 13.2 Å². The minimum atomic E-state index is 0.446. The van der Waals surface area contributed by atoms with Crippen LogP contribution in [-0.4, -0.2) is 29.8 Å². The van der Waals surface area contributed by atoms with Crippen LogP contribution in [0.15, 0.2) is 0 Å². The van der Waals surface area contributed by atoms with Crippen molar-refractivity contribution in [1.82, 2.24) is 0 Å². The Hall–Kier alpha value is 0.137. The number of hydrogen-bond acceptors (Lipinski definition) is 2. The van der Waals surface area contributed by atoms with Gasteiger partial charge >= 0.3 is 0 Å². The van der Waals surface area contributed by atoms with Crippen molar-refractivity contribution in [3.8, 4) is 0 Å². The summed E-state index contributed by atoms with van der Waals surface area (Å²) in [5.74, 6) is 0. The van der Waals surface area contributed by atoms with E-state index in [1.165, 1.54) is 0 Å². The summed E-state index contributed by atoms with van der Waals surface area (Å²) in [5.41, 5.74) is 0. The molecule has 0 radical (unpaired) electrons. The van der Waals surface area contributed by atoms with E-state index in [2.05, 4.69) is 4.74 Å². The lowest BCUT2D eigenvalue weighted by atomic mass is 10.5. The first-order valence-corrected chi connectivity index (χ1v) is 3.69. The summed E-state index contributed by atoms with van der Waals surface area (Å²) in [5, 5.41) is 0. The molecule has 1 fully saturated rings. The van der Waals surface area contributed by atoms with Crippen LogP contribution in [0.2, 0.25) is 0 Å². The molecule has 1 heterocycles. The van der Waals surface area contributed by atoms with Gasteiger partial charge in [0, 0.05) is 6.10 Å². The molecule has 0 bridgehead atoms. The molecule has 1 rings (SSSR count). The highest BCUT2D eigenvalue weighted by Crippen LogP contribution is 1.84. The van der Waals surface area contributed by atoms with Crippen molar-refractivity contribution < 1.29 is 9.16 Å². The Morgan fingerprint density at radius 2 is 1.75 bits per heavy atom. The first kappa shape index (κ1) is 8.14. The van der Waals surface area contributed by atoms with Gasteiger partial charge < -0.3 is 9.16 Å². The van der Waals surface area contributed by atoms with E-state index >= 15 is 0 Å². The van der Waals surface area contributed by atoms with Gasteiger partial charge in [-0.2, -0.15) is 0 Å². The second-order valence-corrected chi connectivity index (χ2v) is 2.37. The van der Waals surface area contributed by atoms with Crippen LogP contribution >= 0.6 is 0 Å². The standard InChI is InChI=1S/C3H10OSi.C2H4O/c1-3(2)4-5;1-2-3-1/h3H,1-2,5H3;1-2H2. The Labute approximate surface area is 53.7 Å². The molecule has 2 nitrogen and oxygen atoms in total. The largest absolute Gasteiger partial charge is 0.426 e. The summed E-state index contributed by atoms with van der Waals surface area (Å²) in [6, 6.07) is 0. The Morgan fingerprint density at radius 3 is 1.75 bits per heavy atom. The van der Waals surface area contributed by atoms with Crippen LogP contribution in [0, 0.1) is 0 Å². The maximum absolute atomic E-state index is 4.89. The maximum Gasteiger partial charge on any atom is 0.146 e. The topological polar surface area (TPSA) is 21.8 Å². The summed E-state index contributed by atoms with van der Waals surface area (Å²) in [4.78, 5) is 0. The van der Waals surface area contributed by atoms with Gasteiger partial charge in [0.15, 0.2) is 0 Å². The van der Waals surface area contributed by atoms with Crippen molar-refractivity contribution in [1.29, 1.82) is 0 Å². The Balaban J connectivity index is 0.000000135. The molecule has 1 aliphatic rings. The second kappa shape index (κ2) is 5.28. The van der Waals surface area contributed by atoms with Gasteiger partial charge in [-0.05, 0) is 13.8 Å². The summed E-state index contributed by atoms with van der Waals surface area (Å²) in [6.45, 7) is 6.07. The van der Waals surface area contributed by atoms with Gasteiger partial charge in [-0.25, -0.2) is 0 Å². The SMILES string of the molecule is C1CO1.CC(C)O[SiH3]. The fourth-order valence-corrected chi connectivity index (χ4v) is 0. The second-order valence-electron chi connectivity index (χ2n) is 1.90. The highest BCUT2D eigenvalue weighted by Gasteiger charge is 1.94. The van der Waals surface area contributed by atoms with Crippen LogP contribution < -0.4 is 0 Å². The molecule has 0 aromatic rings. The average molecular weight is 134 g/mol. The number of epoxide rings is 1. The third-order valence-corrected chi connectivity index (χ3v) is 1.62. The molecular weight excluding hydrogens is 120 g/mol. The molecule has 1 saturated heterocycles. The average Bonchev–Trinajstić information content (AvgIpc) is 2.48. The predicted molar refractivity (Wildman–Crippen MR) is 37.0 cm³/mol. The number of rotatable bonds is 1. The maximum atomic E-state index is 4.89. The van der Waals surface area contributed by atoms with Crippen LogP contribution in [0.1, 0.15) is 13.8 Å². The molecule has 0 saturated carbocycles. The highest BCUT2D eigenvalue weighted by atomic mass is 28.2. The molecule has 0 aliphatic carbocycles. The highest BCUT2D eigenvalue weighted by molar-refractivity contribution is 5.98. The molecular formula is C5H14O2Si. The first-order chi connectivity index (χ1) is 3.77. The normalized spacial score (nSPS) is 15.4. The zero-order chi connectivity index (χ0) is 6.41. The molecule has 0 N–H and O–H groups in total. The Bertz CT molecular complexity index is 42.9. The molecule has 8 heavy (non-hydrogen) atoms. The summed E-state index contributed by atoms with van der Waals surface area (Å²) in [7, 11) is 0.873. The Kier molecular flexibility index (Phi) is 5.37. The van der Waals surface area contributed by atoms with E-state index in [-0.39, 0.29) is 0 Å². The van der Waals surface area contributed by atoms with Crippen molar-refractivity contribution in [3.63, 3.8) is 0 Å². The third kappa shape index (κ3) is 16.5. The van der Waals surface area contributed by atoms with Crippen molar-refractivity contribution >= 4 is 10.5 Å². The van der Waals surface area contributed by atoms with Crippen LogP contribution in [0.5, 0.6) is 0 Å². The zero-order valence-corrected chi connectivity index (χ0v) is 7.81. The van der Waals surface area contributed by atoms with Gasteiger partial charge in [0.25, 0.3) is 0 Å². The Morgan fingerprint density at radius 1 is 1.50 bits per heavy atom. The van der Waals surface area contributed by atoms with Crippen molar-refractivity contribution in [2.24, 2.45) is 0 Å². The van der Waals surface area contributed by atoms with E-state index in [1.807, 2.05) is 13.8 Å². The molecule has 1 aliphatic heterocycles. The lowest BCUT2D eigenvalue weighted by molar-refractivity contribution is 0.267. The monoisotopic (exact) mass is 134 g/mol. The number of ether oxygens (including phenoxy) is 1. The van der Waals surface area contributed by atoms with Crippen LogP contribution in [0.3, 0.4) is 0 Å². The molecule has 0 aromatic heterocycles. The lowest BCUT2D eigenvalue weighted by Gasteiger charge is -1.95. The van der Waals surface area contributed by atoms with Gasteiger partial charge in [0.05, 0.1) is 13.2 Å². The van der Waals surface area contributed by atoms with E-state index in [9.17, 15) is 0 Å². The van der Waals surface area contributed by atoms with Crippen LogP contribution in [0.4, 0.5) is 0 Å². The molecule has 50 valence electrons. The van der Waals surface area contributed by atoms with Gasteiger partial charge in [0.2, 0.25) is 0 Å². The summed E-state index contributed by atoms with van der Waals surface area (Å²) >= 11 is 0. The van der Waals surface area contributed by atoms with E-state index in [1.54, 1.807) is 0 Å². The molecule has 3 heteroatoms. The molecule has 0 spiro atoms. The summed E-state index contributed by atoms with van der Waals surface area (Å²) < 4.78 is 9.39. The van der Waals surface area contributed by atoms with Gasteiger partial charge in [0.1, 0.15) is 10.5 Å². The minimum absolute atomic E-state index is 0.446. The van der Waals surface area contributed by atoms with Crippen molar-refractivity contribution in [2.45, 2.75) is 20.0 Å². The zero-order valence-electron chi connectivity index (χ0n) is 5.81. The van der Waals surface area contributed by atoms with Crippen LogP contribution in [-0.2, 0) is 9.16 Å².